The van der Waals surface area contributed by atoms with Crippen LogP contribution in [0.5, 0.6) is 0 Å². The quantitative estimate of drug-likeness (QED) is 0.189. The molecule has 2 aliphatic rings. The minimum atomic E-state index is -1.04. The van der Waals surface area contributed by atoms with E-state index in [1.54, 1.807) is 24.5 Å². The average molecular weight is 665 g/mol. The predicted molar refractivity (Wildman–Crippen MR) is 173 cm³/mol. The second kappa shape index (κ2) is 15.9. The fourth-order valence-electron chi connectivity index (χ4n) is 5.76. The van der Waals surface area contributed by atoms with Crippen molar-refractivity contribution >= 4 is 51.2 Å². The largest absolute Gasteiger partial charge is 0.445 e. The maximum atomic E-state index is 13.9. The Morgan fingerprint density at radius 3 is 2.53 bits per heavy atom. The highest BCUT2D eigenvalue weighted by Crippen LogP contribution is 2.25. The number of para-hydroxylation sites is 1. The third-order valence-corrected chi connectivity index (χ3v) is 9.30. The molecule has 0 aliphatic carbocycles. The molecule has 47 heavy (non-hydrogen) atoms. The van der Waals surface area contributed by atoms with Gasteiger partial charge < -0.3 is 30.7 Å². The van der Waals surface area contributed by atoms with Gasteiger partial charge in [-0.1, -0.05) is 32.0 Å². The summed E-state index contributed by atoms with van der Waals surface area (Å²) in [6, 6.07) is 7.76. The Bertz CT molecular complexity index is 1540. The molecule has 5 atom stereocenters. The first-order chi connectivity index (χ1) is 22.7. The van der Waals surface area contributed by atoms with E-state index in [4.69, 9.17) is 9.47 Å². The van der Waals surface area contributed by atoms with Crippen molar-refractivity contribution in [2.24, 2.45) is 17.8 Å². The van der Waals surface area contributed by atoms with Crippen molar-refractivity contribution in [2.75, 3.05) is 19.8 Å². The maximum Gasteiger partial charge on any atom is 0.408 e. The lowest BCUT2D eigenvalue weighted by molar-refractivity contribution is -0.131. The number of nitrogens with one attached hydrogen (secondary N) is 4. The number of pyridine rings is 1. The predicted octanol–water partition coefficient (Wildman–Crippen LogP) is 2.75. The smallest absolute Gasteiger partial charge is 0.408 e. The number of carbonyl (C=O) groups excluding carboxylic acids is 5. The molecule has 3 aromatic rings. The molecule has 2 fully saturated rings. The van der Waals surface area contributed by atoms with Crippen LogP contribution < -0.4 is 21.3 Å². The van der Waals surface area contributed by atoms with Crippen LogP contribution in [0.2, 0.25) is 0 Å². The Balaban J connectivity index is 1.31. The third kappa shape index (κ3) is 9.10. The molecule has 0 bridgehead atoms. The van der Waals surface area contributed by atoms with Gasteiger partial charge in [0.05, 0.1) is 22.9 Å². The van der Waals surface area contributed by atoms with Gasteiger partial charge in [0.25, 0.3) is 0 Å². The van der Waals surface area contributed by atoms with E-state index in [0.717, 1.165) is 4.70 Å². The van der Waals surface area contributed by atoms with Crippen molar-refractivity contribution < 1.29 is 33.4 Å². The van der Waals surface area contributed by atoms with Gasteiger partial charge in [0.2, 0.25) is 23.5 Å². The third-order valence-electron chi connectivity index (χ3n) is 8.25. The molecule has 2 aliphatic heterocycles. The highest BCUT2D eigenvalue weighted by molar-refractivity contribution is 7.20. The van der Waals surface area contributed by atoms with Gasteiger partial charge in [-0.15, -0.1) is 11.3 Å². The molecule has 4 N–H and O–H groups in total. The lowest BCUT2D eigenvalue weighted by Crippen LogP contribution is -2.58. The number of alkyl carbamates (subject to hydrolysis) is 1. The van der Waals surface area contributed by atoms with Crippen molar-refractivity contribution in [3.8, 4) is 0 Å². The van der Waals surface area contributed by atoms with Gasteiger partial charge in [0, 0.05) is 42.9 Å². The highest BCUT2D eigenvalue weighted by atomic mass is 32.1. The molecule has 13 nitrogen and oxygen atoms in total. The minimum absolute atomic E-state index is 0.00394. The van der Waals surface area contributed by atoms with Crippen LogP contribution in [0.1, 0.15) is 54.9 Å². The second-order valence-electron chi connectivity index (χ2n) is 12.3. The van der Waals surface area contributed by atoms with Crippen molar-refractivity contribution in [3.05, 3.63) is 59.4 Å². The second-order valence-corrected chi connectivity index (χ2v) is 13.3. The van der Waals surface area contributed by atoms with Gasteiger partial charge >= 0.3 is 6.09 Å². The molecule has 0 radical (unpaired) electrons. The van der Waals surface area contributed by atoms with E-state index >= 15 is 0 Å². The van der Waals surface area contributed by atoms with Crippen LogP contribution in [0.25, 0.3) is 10.2 Å². The highest BCUT2D eigenvalue weighted by Gasteiger charge is 2.38. The van der Waals surface area contributed by atoms with Crippen molar-refractivity contribution in [1.29, 1.82) is 0 Å². The number of hydrogen-bond donors (Lipinski definition) is 4. The number of aromatic nitrogens is 2. The van der Waals surface area contributed by atoms with Crippen LogP contribution in [0.3, 0.4) is 0 Å². The Kier molecular flexibility index (Phi) is 11.5. The summed E-state index contributed by atoms with van der Waals surface area (Å²) in [5, 5.41) is 11.3. The minimum Gasteiger partial charge on any atom is -0.445 e. The van der Waals surface area contributed by atoms with Gasteiger partial charge in [-0.25, -0.2) is 9.78 Å². The summed E-state index contributed by atoms with van der Waals surface area (Å²) in [6.45, 7) is 4.97. The molecule has 0 saturated carbocycles. The normalized spacial score (nSPS) is 19.5. The number of amides is 4. The monoisotopic (exact) mass is 664 g/mol. The molecule has 5 rings (SSSR count). The lowest BCUT2D eigenvalue weighted by Gasteiger charge is -2.28. The molecular weight excluding hydrogens is 624 g/mol. The average Bonchev–Trinajstić information content (AvgIpc) is 3.83. The van der Waals surface area contributed by atoms with Crippen LogP contribution >= 0.6 is 11.3 Å². The number of nitrogens with zero attached hydrogens (tertiary/aromatic N) is 2. The molecule has 1 aromatic carbocycles. The molecule has 14 heteroatoms. The number of ether oxygens (including phenoxy) is 2. The summed E-state index contributed by atoms with van der Waals surface area (Å²) in [5.41, 5.74) is 1.36. The van der Waals surface area contributed by atoms with Crippen molar-refractivity contribution in [2.45, 2.75) is 64.3 Å². The Morgan fingerprint density at radius 1 is 1.04 bits per heavy atom. The van der Waals surface area contributed by atoms with E-state index in [1.807, 2.05) is 38.1 Å². The van der Waals surface area contributed by atoms with E-state index in [9.17, 15) is 24.0 Å². The number of rotatable bonds is 14. The summed E-state index contributed by atoms with van der Waals surface area (Å²) in [6.07, 6.45) is 3.83. The zero-order valence-electron chi connectivity index (χ0n) is 26.4. The van der Waals surface area contributed by atoms with Gasteiger partial charge in [-0.05, 0) is 49.8 Å². The Morgan fingerprint density at radius 2 is 1.85 bits per heavy atom. The van der Waals surface area contributed by atoms with Gasteiger partial charge in [-0.3, -0.25) is 24.2 Å². The van der Waals surface area contributed by atoms with E-state index in [-0.39, 0.29) is 48.8 Å². The molecule has 1 unspecified atom stereocenters. The molecule has 2 aromatic heterocycles. The Hall–Kier alpha value is -4.43. The van der Waals surface area contributed by atoms with Gasteiger partial charge in [-0.2, -0.15) is 0 Å². The zero-order chi connectivity index (χ0) is 33.3. The first-order valence-electron chi connectivity index (χ1n) is 15.9. The summed E-state index contributed by atoms with van der Waals surface area (Å²) >= 11 is 1.23. The molecule has 0 spiro atoms. The number of Topliss-reactive ketones (excluding diaryl/α,β-unsaturated/α-hetero) is 1. The van der Waals surface area contributed by atoms with Gasteiger partial charge in [0.15, 0.2) is 5.01 Å². The summed E-state index contributed by atoms with van der Waals surface area (Å²) in [5.74, 6) is -2.49. The number of fused-ring (bicyclic) bond motifs is 1. The van der Waals surface area contributed by atoms with Crippen LogP contribution in [0.15, 0.2) is 48.8 Å². The molecular formula is C33H40N6O7S. The standard InChI is InChI=1S/C33H40N6O7S/c1-19(2)14-25(37-31(43)27(22-10-13-45-18-22)39-33(44)46-17-20-6-5-11-34-16-20)30(42)36-24(15-21-9-12-35-29(21)41)28(40)32-38-23-7-3-4-8-26(23)47-32/h3-8,11,16,19,21-22,24-25,27H,9-10,12-15,17-18H2,1-2H3,(H,35,41)(H,36,42)(H,37,43)(H,39,44)/t21-,22?,24-,25-,27-/m0/s1. The molecule has 4 heterocycles. The maximum absolute atomic E-state index is 13.9. The Labute approximate surface area is 276 Å². The SMILES string of the molecule is CC(C)C[C@H](NC(=O)[C@@H](NC(=O)OCc1cccnc1)C1CCOC1)C(=O)N[C@@H](C[C@@H]1CCNC1=O)C(=O)c1nc2ccccc2s1. The summed E-state index contributed by atoms with van der Waals surface area (Å²) < 4.78 is 11.7. The zero-order valence-corrected chi connectivity index (χ0v) is 27.2. The molecule has 4 amide bonds. The fourth-order valence-corrected chi connectivity index (χ4v) is 6.72. The first kappa shape index (κ1) is 33.9. The summed E-state index contributed by atoms with van der Waals surface area (Å²) in [7, 11) is 0. The van der Waals surface area contributed by atoms with Crippen LogP contribution in [0.4, 0.5) is 4.79 Å². The number of benzene rings is 1. The van der Waals surface area contributed by atoms with Crippen LogP contribution in [-0.4, -0.2) is 77.5 Å². The van der Waals surface area contributed by atoms with E-state index < -0.39 is 47.7 Å². The first-order valence-corrected chi connectivity index (χ1v) is 16.7. The van der Waals surface area contributed by atoms with E-state index in [1.165, 1.54) is 11.3 Å². The number of ketones is 1. The van der Waals surface area contributed by atoms with Gasteiger partial charge in [0.1, 0.15) is 18.7 Å². The van der Waals surface area contributed by atoms with E-state index in [2.05, 4.69) is 31.2 Å². The topological polar surface area (TPSA) is 178 Å². The lowest BCUT2D eigenvalue weighted by atomic mass is 9.94. The number of carbonyl (C=O) groups is 5. The van der Waals surface area contributed by atoms with Crippen LogP contribution in [-0.2, 0) is 30.5 Å². The van der Waals surface area contributed by atoms with Crippen molar-refractivity contribution in [1.82, 2.24) is 31.2 Å². The van der Waals surface area contributed by atoms with Crippen molar-refractivity contribution in [3.63, 3.8) is 0 Å². The fraction of sp³-hybridized carbons (Fsp3) is 0.485. The number of hydrogen-bond acceptors (Lipinski definition) is 10. The molecule has 2 saturated heterocycles. The van der Waals surface area contributed by atoms with E-state index in [0.29, 0.717) is 37.1 Å². The van der Waals surface area contributed by atoms with Crippen LogP contribution in [0, 0.1) is 17.8 Å². The summed E-state index contributed by atoms with van der Waals surface area (Å²) in [4.78, 5) is 75.2. The molecule has 250 valence electrons. The number of thiazole rings is 1.